The largest absolute Gasteiger partial charge is 0.334 e. The van der Waals surface area contributed by atoms with Gasteiger partial charge in [0.25, 0.3) is 0 Å². The first kappa shape index (κ1) is 18.1. The van der Waals surface area contributed by atoms with E-state index in [1.807, 2.05) is 4.90 Å². The smallest absolute Gasteiger partial charge is 0.229 e. The van der Waals surface area contributed by atoms with E-state index >= 15 is 0 Å². The topological polar surface area (TPSA) is 23.6 Å². The molecule has 25 heavy (non-hydrogen) atoms. The molecule has 0 saturated carbocycles. The lowest BCUT2D eigenvalue weighted by molar-refractivity contribution is -0.144. The number of hydrogen-bond donors (Lipinski definition) is 0. The van der Waals surface area contributed by atoms with Crippen LogP contribution >= 0.6 is 0 Å². The molecule has 2 aliphatic rings. The molecule has 4 heteroatoms. The Morgan fingerprint density at radius 1 is 1.12 bits per heavy atom. The molecule has 2 aliphatic heterocycles. The summed E-state index contributed by atoms with van der Waals surface area (Å²) in [7, 11) is 0. The molecule has 1 spiro atoms. The van der Waals surface area contributed by atoms with E-state index in [4.69, 9.17) is 0 Å². The van der Waals surface area contributed by atoms with Gasteiger partial charge in [0.1, 0.15) is 5.82 Å². The van der Waals surface area contributed by atoms with Gasteiger partial charge in [-0.3, -0.25) is 4.79 Å². The number of nitrogens with zero attached hydrogens (tertiary/aromatic N) is 2. The maximum atomic E-state index is 13.3. The number of allylic oxidation sites excluding steroid dienone is 1. The third kappa shape index (κ3) is 4.30. The number of carbonyl (C=O) groups is 1. The molecule has 0 unspecified atom stereocenters. The number of rotatable bonds is 4. The van der Waals surface area contributed by atoms with Crippen LogP contribution in [0.5, 0.6) is 0 Å². The fraction of sp³-hybridized carbons (Fsp3) is 0.571. The second-order valence-electron chi connectivity index (χ2n) is 7.96. The first-order chi connectivity index (χ1) is 12.0. The predicted molar refractivity (Wildman–Crippen MR) is 98.5 cm³/mol. The maximum absolute atomic E-state index is 13.3. The van der Waals surface area contributed by atoms with Crippen LogP contribution in [-0.4, -0.2) is 41.9 Å². The molecule has 2 heterocycles. The highest BCUT2D eigenvalue weighted by molar-refractivity contribution is 5.83. The van der Waals surface area contributed by atoms with E-state index in [2.05, 4.69) is 30.9 Å². The molecular weight excluding hydrogens is 315 g/mol. The Bertz CT molecular complexity index is 615. The third-order valence-corrected chi connectivity index (χ3v) is 5.47. The summed E-state index contributed by atoms with van der Waals surface area (Å²) in [5, 5.41) is 0. The molecule has 0 N–H and O–H groups in total. The molecule has 1 aromatic carbocycles. The summed E-state index contributed by atoms with van der Waals surface area (Å²) in [5.74, 6) is 0.694. The maximum Gasteiger partial charge on any atom is 0.229 e. The number of carbonyl (C=O) groups excluding carboxylic acids is 1. The van der Waals surface area contributed by atoms with Crippen molar-refractivity contribution in [3.8, 4) is 0 Å². The minimum absolute atomic E-state index is 0.236. The van der Waals surface area contributed by atoms with E-state index in [1.54, 1.807) is 12.1 Å². The Labute approximate surface area is 150 Å². The van der Waals surface area contributed by atoms with Gasteiger partial charge in [-0.05, 0) is 56.0 Å². The number of piperidine rings is 1. The molecule has 1 fully saturated rings. The quantitative estimate of drug-likeness (QED) is 0.775. The Morgan fingerprint density at radius 3 is 2.44 bits per heavy atom. The zero-order valence-electron chi connectivity index (χ0n) is 15.4. The SMILES string of the molecule is CC(C)CN1CCC2(CC=CCN(Cc3ccc(F)cc3)C2=O)CC1. The van der Waals surface area contributed by atoms with Crippen molar-refractivity contribution in [2.75, 3.05) is 26.2 Å². The standard InChI is InChI=1S/C21H29FN2O/c1-17(2)15-23-13-10-21(11-14-23)9-3-4-12-24(20(21)25)16-18-5-7-19(22)8-6-18/h3-8,17H,9-16H2,1-2H3. The minimum Gasteiger partial charge on any atom is -0.334 e. The molecular formula is C21H29FN2O. The van der Waals surface area contributed by atoms with Crippen molar-refractivity contribution >= 4 is 5.91 Å². The van der Waals surface area contributed by atoms with Gasteiger partial charge < -0.3 is 9.80 Å². The Kier molecular flexibility index (Phi) is 5.57. The van der Waals surface area contributed by atoms with Crippen LogP contribution in [0.2, 0.25) is 0 Å². The molecule has 3 nitrogen and oxygen atoms in total. The highest BCUT2D eigenvalue weighted by Gasteiger charge is 2.43. The van der Waals surface area contributed by atoms with Crippen LogP contribution in [0.15, 0.2) is 36.4 Å². The Morgan fingerprint density at radius 2 is 1.80 bits per heavy atom. The van der Waals surface area contributed by atoms with E-state index < -0.39 is 0 Å². The second kappa shape index (κ2) is 7.69. The van der Waals surface area contributed by atoms with E-state index in [0.29, 0.717) is 19.0 Å². The van der Waals surface area contributed by atoms with Gasteiger partial charge in [-0.25, -0.2) is 4.39 Å². The molecule has 0 aromatic heterocycles. The van der Waals surface area contributed by atoms with Gasteiger partial charge in [-0.15, -0.1) is 0 Å². The van der Waals surface area contributed by atoms with Crippen LogP contribution in [-0.2, 0) is 11.3 Å². The van der Waals surface area contributed by atoms with Crippen LogP contribution in [0.25, 0.3) is 0 Å². The highest BCUT2D eigenvalue weighted by atomic mass is 19.1. The van der Waals surface area contributed by atoms with Crippen molar-refractivity contribution < 1.29 is 9.18 Å². The normalized spacial score (nSPS) is 21.1. The molecule has 1 saturated heterocycles. The summed E-state index contributed by atoms with van der Waals surface area (Å²) < 4.78 is 13.1. The van der Waals surface area contributed by atoms with Gasteiger partial charge in [0, 0.05) is 19.6 Å². The number of hydrogen-bond acceptors (Lipinski definition) is 2. The lowest BCUT2D eigenvalue weighted by Gasteiger charge is -2.42. The Hall–Kier alpha value is -1.68. The molecule has 0 radical (unpaired) electrons. The monoisotopic (exact) mass is 344 g/mol. The molecule has 1 aromatic rings. The predicted octanol–water partition coefficient (Wildman–Crippen LogP) is 3.85. The first-order valence-electron chi connectivity index (χ1n) is 9.40. The minimum atomic E-state index is -0.249. The van der Waals surface area contributed by atoms with Crippen molar-refractivity contribution in [3.63, 3.8) is 0 Å². The fourth-order valence-electron chi connectivity index (χ4n) is 4.06. The molecule has 0 atom stereocenters. The summed E-state index contributed by atoms with van der Waals surface area (Å²) in [4.78, 5) is 17.7. The lowest BCUT2D eigenvalue weighted by atomic mass is 9.74. The van der Waals surface area contributed by atoms with Crippen LogP contribution in [0.1, 0.15) is 38.7 Å². The summed E-state index contributed by atoms with van der Waals surface area (Å²) in [6.07, 6.45) is 7.00. The summed E-state index contributed by atoms with van der Waals surface area (Å²) in [5.41, 5.74) is 0.734. The average Bonchev–Trinajstić information content (AvgIpc) is 2.73. The van der Waals surface area contributed by atoms with Gasteiger partial charge in [-0.2, -0.15) is 0 Å². The number of benzene rings is 1. The first-order valence-corrected chi connectivity index (χ1v) is 9.40. The van der Waals surface area contributed by atoms with Gasteiger partial charge in [0.05, 0.1) is 5.41 Å². The third-order valence-electron chi connectivity index (χ3n) is 5.47. The summed E-state index contributed by atoms with van der Waals surface area (Å²) in [6.45, 7) is 8.81. The van der Waals surface area contributed by atoms with Crippen LogP contribution in [0.4, 0.5) is 4.39 Å². The summed E-state index contributed by atoms with van der Waals surface area (Å²) >= 11 is 0. The van der Waals surface area contributed by atoms with Crippen molar-refractivity contribution in [3.05, 3.63) is 47.8 Å². The fourth-order valence-corrected chi connectivity index (χ4v) is 4.06. The van der Waals surface area contributed by atoms with Crippen molar-refractivity contribution in [1.29, 1.82) is 0 Å². The zero-order valence-corrected chi connectivity index (χ0v) is 15.4. The van der Waals surface area contributed by atoms with Gasteiger partial charge in [0.15, 0.2) is 0 Å². The Balaban J connectivity index is 1.70. The van der Waals surface area contributed by atoms with Crippen LogP contribution in [0.3, 0.4) is 0 Å². The number of likely N-dealkylation sites (tertiary alicyclic amines) is 1. The van der Waals surface area contributed by atoms with Crippen molar-refractivity contribution in [2.24, 2.45) is 11.3 Å². The van der Waals surface area contributed by atoms with Crippen LogP contribution in [0, 0.1) is 17.2 Å². The number of halogens is 1. The molecule has 0 aliphatic carbocycles. The van der Waals surface area contributed by atoms with Gasteiger partial charge >= 0.3 is 0 Å². The van der Waals surface area contributed by atoms with E-state index in [-0.39, 0.29) is 17.1 Å². The van der Waals surface area contributed by atoms with Gasteiger partial charge in [0.2, 0.25) is 5.91 Å². The van der Waals surface area contributed by atoms with E-state index in [9.17, 15) is 9.18 Å². The molecule has 1 amide bonds. The highest BCUT2D eigenvalue weighted by Crippen LogP contribution is 2.39. The summed E-state index contributed by atoms with van der Waals surface area (Å²) in [6, 6.07) is 6.48. The molecule has 3 rings (SSSR count). The van der Waals surface area contributed by atoms with E-state index in [0.717, 1.165) is 44.5 Å². The van der Waals surface area contributed by atoms with Crippen LogP contribution < -0.4 is 0 Å². The zero-order chi connectivity index (χ0) is 17.9. The lowest BCUT2D eigenvalue weighted by Crippen LogP contribution is -2.49. The molecule has 0 bridgehead atoms. The van der Waals surface area contributed by atoms with Gasteiger partial charge in [-0.1, -0.05) is 38.1 Å². The van der Waals surface area contributed by atoms with Crippen molar-refractivity contribution in [1.82, 2.24) is 9.80 Å². The molecule has 136 valence electrons. The number of amides is 1. The van der Waals surface area contributed by atoms with Crippen molar-refractivity contribution in [2.45, 2.75) is 39.7 Å². The second-order valence-corrected chi connectivity index (χ2v) is 7.96. The van der Waals surface area contributed by atoms with E-state index in [1.165, 1.54) is 12.1 Å². The average molecular weight is 344 g/mol.